The molecule has 2 amide bonds. The van der Waals surface area contributed by atoms with Gasteiger partial charge >= 0.3 is 0 Å². The summed E-state index contributed by atoms with van der Waals surface area (Å²) in [6.07, 6.45) is 0. The van der Waals surface area contributed by atoms with Crippen molar-refractivity contribution in [2.75, 3.05) is 5.32 Å². The van der Waals surface area contributed by atoms with E-state index in [2.05, 4.69) is 15.8 Å². The van der Waals surface area contributed by atoms with E-state index in [1.54, 1.807) is 19.1 Å². The van der Waals surface area contributed by atoms with Crippen LogP contribution in [0.2, 0.25) is 0 Å². The van der Waals surface area contributed by atoms with Crippen molar-refractivity contribution in [3.8, 4) is 0 Å². The minimum Gasteiger partial charge on any atom is -0.322 e. The minimum absolute atomic E-state index is 0.140. The SMILES string of the molecule is C/C(=N/NC(=O)c1ccc(NC(=O)c2cccc([N+](=O)[O-])c2)cc1)c1ccc(F)cc1. The number of benzene rings is 3. The molecule has 2 N–H and O–H groups in total. The number of nitrogens with one attached hydrogen (secondary N) is 2. The number of amides is 2. The third-order valence-electron chi connectivity index (χ3n) is 4.31. The Morgan fingerprint density at radius 3 is 2.19 bits per heavy atom. The summed E-state index contributed by atoms with van der Waals surface area (Å²) in [5, 5.41) is 17.5. The maximum absolute atomic E-state index is 13.0. The Bertz CT molecular complexity index is 1160. The molecule has 0 aliphatic heterocycles. The number of hydrogen-bond acceptors (Lipinski definition) is 5. The van der Waals surface area contributed by atoms with Crippen LogP contribution in [0.5, 0.6) is 0 Å². The molecule has 0 atom stereocenters. The Labute approximate surface area is 176 Å². The number of rotatable bonds is 6. The Morgan fingerprint density at radius 1 is 0.903 bits per heavy atom. The summed E-state index contributed by atoms with van der Waals surface area (Å²) in [5.74, 6) is -1.34. The van der Waals surface area contributed by atoms with Gasteiger partial charge in [-0.25, -0.2) is 9.82 Å². The largest absolute Gasteiger partial charge is 0.322 e. The maximum Gasteiger partial charge on any atom is 0.271 e. The van der Waals surface area contributed by atoms with Gasteiger partial charge in [0.2, 0.25) is 0 Å². The van der Waals surface area contributed by atoms with Gasteiger partial charge < -0.3 is 5.32 Å². The molecule has 3 aromatic rings. The number of hydrogen-bond donors (Lipinski definition) is 2. The quantitative estimate of drug-likeness (QED) is 0.354. The number of carbonyl (C=O) groups is 2. The van der Waals surface area contributed by atoms with Crippen LogP contribution in [-0.4, -0.2) is 22.4 Å². The average molecular weight is 420 g/mol. The van der Waals surface area contributed by atoms with E-state index in [0.717, 1.165) is 0 Å². The molecular weight excluding hydrogens is 403 g/mol. The number of carbonyl (C=O) groups excluding carboxylic acids is 2. The number of non-ortho nitro benzene ring substituents is 1. The van der Waals surface area contributed by atoms with E-state index in [1.807, 2.05) is 0 Å². The normalized spacial score (nSPS) is 11.0. The van der Waals surface area contributed by atoms with Crippen LogP contribution in [0, 0.1) is 15.9 Å². The van der Waals surface area contributed by atoms with Crippen molar-refractivity contribution in [3.05, 3.63) is 105 Å². The zero-order valence-corrected chi connectivity index (χ0v) is 16.3. The van der Waals surface area contributed by atoms with Crippen LogP contribution in [0.1, 0.15) is 33.2 Å². The molecule has 9 heteroatoms. The molecule has 0 bridgehead atoms. The predicted molar refractivity (Wildman–Crippen MR) is 114 cm³/mol. The van der Waals surface area contributed by atoms with E-state index in [0.29, 0.717) is 22.5 Å². The molecule has 0 unspecified atom stereocenters. The maximum atomic E-state index is 13.0. The minimum atomic E-state index is -0.579. The lowest BCUT2D eigenvalue weighted by atomic mass is 10.1. The van der Waals surface area contributed by atoms with Gasteiger partial charge in [0.25, 0.3) is 17.5 Å². The third-order valence-corrected chi connectivity index (χ3v) is 4.31. The number of hydrazone groups is 1. The van der Waals surface area contributed by atoms with Crippen molar-refractivity contribution in [2.45, 2.75) is 6.92 Å². The summed E-state index contributed by atoms with van der Waals surface area (Å²) in [7, 11) is 0. The van der Waals surface area contributed by atoms with Crippen molar-refractivity contribution in [1.82, 2.24) is 5.43 Å². The second-order valence-corrected chi connectivity index (χ2v) is 6.48. The molecule has 0 radical (unpaired) electrons. The first-order valence-electron chi connectivity index (χ1n) is 9.10. The van der Waals surface area contributed by atoms with Crippen LogP contribution >= 0.6 is 0 Å². The van der Waals surface area contributed by atoms with Crippen molar-refractivity contribution < 1.29 is 18.9 Å². The number of halogens is 1. The molecule has 8 nitrogen and oxygen atoms in total. The van der Waals surface area contributed by atoms with Crippen LogP contribution in [0.15, 0.2) is 77.9 Å². The molecule has 0 fully saturated rings. The molecule has 0 aliphatic carbocycles. The van der Waals surface area contributed by atoms with Gasteiger partial charge in [0.15, 0.2) is 0 Å². The van der Waals surface area contributed by atoms with Crippen LogP contribution in [-0.2, 0) is 0 Å². The van der Waals surface area contributed by atoms with Crippen LogP contribution in [0.4, 0.5) is 15.8 Å². The molecule has 3 rings (SSSR count). The molecule has 0 saturated carbocycles. The van der Waals surface area contributed by atoms with Crippen LogP contribution in [0.25, 0.3) is 0 Å². The van der Waals surface area contributed by atoms with E-state index < -0.39 is 16.7 Å². The lowest BCUT2D eigenvalue weighted by Crippen LogP contribution is -2.19. The number of anilines is 1. The molecule has 31 heavy (non-hydrogen) atoms. The van der Waals surface area contributed by atoms with Crippen LogP contribution < -0.4 is 10.7 Å². The smallest absolute Gasteiger partial charge is 0.271 e. The summed E-state index contributed by atoms with van der Waals surface area (Å²) in [5.41, 5.74) is 4.28. The Kier molecular flexibility index (Phi) is 6.46. The summed E-state index contributed by atoms with van der Waals surface area (Å²) >= 11 is 0. The van der Waals surface area contributed by atoms with Crippen molar-refractivity contribution in [3.63, 3.8) is 0 Å². The molecule has 0 saturated heterocycles. The first-order valence-corrected chi connectivity index (χ1v) is 9.10. The highest BCUT2D eigenvalue weighted by molar-refractivity contribution is 6.05. The Morgan fingerprint density at radius 2 is 1.55 bits per heavy atom. The first kappa shape index (κ1) is 21.3. The third kappa shape index (κ3) is 5.57. The average Bonchev–Trinajstić information content (AvgIpc) is 2.78. The fourth-order valence-corrected chi connectivity index (χ4v) is 2.62. The summed E-state index contributed by atoms with van der Waals surface area (Å²) < 4.78 is 13.0. The van der Waals surface area contributed by atoms with E-state index in [1.165, 1.54) is 60.7 Å². The van der Waals surface area contributed by atoms with Gasteiger partial charge in [0.05, 0.1) is 10.6 Å². The molecule has 156 valence electrons. The van der Waals surface area contributed by atoms with E-state index in [4.69, 9.17) is 0 Å². The Balaban J connectivity index is 1.63. The fourth-order valence-electron chi connectivity index (χ4n) is 2.62. The van der Waals surface area contributed by atoms with Gasteiger partial charge in [-0.1, -0.05) is 18.2 Å². The zero-order chi connectivity index (χ0) is 22.4. The van der Waals surface area contributed by atoms with Crippen molar-refractivity contribution >= 4 is 28.9 Å². The molecule has 0 heterocycles. The number of nitrogens with zero attached hydrogens (tertiary/aromatic N) is 2. The van der Waals surface area contributed by atoms with Gasteiger partial charge in [0.1, 0.15) is 5.82 Å². The number of nitro benzene ring substituents is 1. The second-order valence-electron chi connectivity index (χ2n) is 6.48. The highest BCUT2D eigenvalue weighted by Gasteiger charge is 2.12. The predicted octanol–water partition coefficient (Wildman–Crippen LogP) is 4.14. The van der Waals surface area contributed by atoms with Crippen LogP contribution in [0.3, 0.4) is 0 Å². The van der Waals surface area contributed by atoms with E-state index in [-0.39, 0.29) is 17.1 Å². The molecule has 0 spiro atoms. The molecule has 0 aliphatic rings. The first-order chi connectivity index (χ1) is 14.8. The zero-order valence-electron chi connectivity index (χ0n) is 16.3. The van der Waals surface area contributed by atoms with E-state index >= 15 is 0 Å². The summed E-state index contributed by atoms with van der Waals surface area (Å²) in [6.45, 7) is 1.68. The van der Waals surface area contributed by atoms with Crippen molar-refractivity contribution in [1.29, 1.82) is 0 Å². The Hall–Kier alpha value is -4.40. The summed E-state index contributed by atoms with van der Waals surface area (Å²) in [4.78, 5) is 34.8. The van der Waals surface area contributed by atoms with Gasteiger partial charge in [-0.2, -0.15) is 5.10 Å². The monoisotopic (exact) mass is 420 g/mol. The van der Waals surface area contributed by atoms with Gasteiger partial charge in [-0.15, -0.1) is 0 Å². The highest BCUT2D eigenvalue weighted by atomic mass is 19.1. The lowest BCUT2D eigenvalue weighted by Gasteiger charge is -2.07. The lowest BCUT2D eigenvalue weighted by molar-refractivity contribution is -0.384. The van der Waals surface area contributed by atoms with Gasteiger partial charge in [-0.3, -0.25) is 19.7 Å². The fraction of sp³-hybridized carbons (Fsp3) is 0.0455. The highest BCUT2D eigenvalue weighted by Crippen LogP contribution is 2.16. The van der Waals surface area contributed by atoms with Crippen molar-refractivity contribution in [2.24, 2.45) is 5.10 Å². The van der Waals surface area contributed by atoms with Gasteiger partial charge in [-0.05, 0) is 55.0 Å². The molecule has 0 aromatic heterocycles. The molecule has 3 aromatic carbocycles. The van der Waals surface area contributed by atoms with Gasteiger partial charge in [0, 0.05) is 28.9 Å². The molecular formula is C22H17FN4O4. The standard InChI is InChI=1S/C22H17FN4O4/c1-14(15-5-9-18(23)10-6-15)25-26-22(29)16-7-11-19(12-8-16)24-21(28)17-3-2-4-20(13-17)27(30)31/h2-13H,1H3,(H,24,28)(H,26,29)/b25-14-. The summed E-state index contributed by atoms with van der Waals surface area (Å²) in [6, 6.07) is 17.1. The number of nitro groups is 1. The van der Waals surface area contributed by atoms with E-state index in [9.17, 15) is 24.1 Å². The topological polar surface area (TPSA) is 114 Å². The second kappa shape index (κ2) is 9.40.